The molecular formula is C10H14BrN3. The van der Waals surface area contributed by atoms with Crippen LogP contribution >= 0.6 is 15.9 Å². The van der Waals surface area contributed by atoms with E-state index in [0.29, 0.717) is 6.04 Å². The van der Waals surface area contributed by atoms with Crippen LogP contribution in [0.25, 0.3) is 0 Å². The van der Waals surface area contributed by atoms with Crippen LogP contribution in [0, 0.1) is 0 Å². The molecule has 0 radical (unpaired) electrons. The quantitative estimate of drug-likeness (QED) is 0.768. The summed E-state index contributed by atoms with van der Waals surface area (Å²) >= 11 is 3.56. The minimum atomic E-state index is 0.682. The summed E-state index contributed by atoms with van der Waals surface area (Å²) in [5, 5.41) is 4.60. The lowest BCUT2D eigenvalue weighted by Gasteiger charge is -2.27. The van der Waals surface area contributed by atoms with Gasteiger partial charge in [0, 0.05) is 18.7 Å². The standard InChI is InChI=1S/C10H14BrN3/c1-13-5-8-9(6-13)14(12-10(8)11)7-3-2-4-7/h7H,2-6H2,1H3. The molecular weight excluding hydrogens is 242 g/mol. The van der Waals surface area contributed by atoms with Gasteiger partial charge in [-0.2, -0.15) is 5.10 Å². The van der Waals surface area contributed by atoms with Crippen molar-refractivity contribution in [3.05, 3.63) is 15.9 Å². The van der Waals surface area contributed by atoms with Gasteiger partial charge in [0.05, 0.1) is 11.7 Å². The van der Waals surface area contributed by atoms with Crippen LogP contribution in [0.15, 0.2) is 4.60 Å². The third kappa shape index (κ3) is 1.17. The van der Waals surface area contributed by atoms with Crippen molar-refractivity contribution in [1.82, 2.24) is 14.7 Å². The maximum atomic E-state index is 4.60. The Labute approximate surface area is 92.2 Å². The first-order valence-electron chi connectivity index (χ1n) is 5.20. The van der Waals surface area contributed by atoms with Crippen molar-refractivity contribution in [3.63, 3.8) is 0 Å². The largest absolute Gasteiger partial charge is 0.296 e. The van der Waals surface area contributed by atoms with Gasteiger partial charge in [-0.05, 0) is 42.2 Å². The summed E-state index contributed by atoms with van der Waals surface area (Å²) in [7, 11) is 2.16. The van der Waals surface area contributed by atoms with Crippen molar-refractivity contribution in [2.45, 2.75) is 38.4 Å². The van der Waals surface area contributed by atoms with Gasteiger partial charge in [-0.3, -0.25) is 9.58 Å². The second-order valence-corrected chi connectivity index (χ2v) is 5.17. The van der Waals surface area contributed by atoms with Crippen molar-refractivity contribution in [2.75, 3.05) is 7.05 Å². The number of aromatic nitrogens is 2. The highest BCUT2D eigenvalue weighted by Crippen LogP contribution is 2.37. The third-order valence-electron chi connectivity index (χ3n) is 3.34. The maximum Gasteiger partial charge on any atom is 0.132 e. The van der Waals surface area contributed by atoms with Gasteiger partial charge in [0.15, 0.2) is 0 Å². The molecule has 4 heteroatoms. The molecule has 0 atom stereocenters. The second kappa shape index (κ2) is 3.07. The Balaban J connectivity index is 2.01. The molecule has 14 heavy (non-hydrogen) atoms. The molecule has 2 heterocycles. The van der Waals surface area contributed by atoms with E-state index >= 15 is 0 Å². The molecule has 0 bridgehead atoms. The summed E-state index contributed by atoms with van der Waals surface area (Å²) in [5.41, 5.74) is 2.84. The molecule has 76 valence electrons. The molecule has 0 spiro atoms. The van der Waals surface area contributed by atoms with Gasteiger partial charge in [0.2, 0.25) is 0 Å². The first kappa shape index (κ1) is 8.92. The molecule has 0 unspecified atom stereocenters. The van der Waals surface area contributed by atoms with E-state index in [2.05, 4.69) is 37.7 Å². The van der Waals surface area contributed by atoms with Crippen molar-refractivity contribution in [1.29, 1.82) is 0 Å². The summed E-state index contributed by atoms with van der Waals surface area (Å²) in [6.07, 6.45) is 3.99. The van der Waals surface area contributed by atoms with Crippen LogP contribution in [0.1, 0.15) is 36.6 Å². The van der Waals surface area contributed by atoms with E-state index in [0.717, 1.165) is 17.7 Å². The van der Waals surface area contributed by atoms with E-state index in [-0.39, 0.29) is 0 Å². The predicted molar refractivity (Wildman–Crippen MR) is 58.0 cm³/mol. The normalized spacial score (nSPS) is 22.4. The van der Waals surface area contributed by atoms with E-state index in [9.17, 15) is 0 Å². The smallest absolute Gasteiger partial charge is 0.132 e. The van der Waals surface area contributed by atoms with E-state index in [4.69, 9.17) is 0 Å². The lowest BCUT2D eigenvalue weighted by Crippen LogP contribution is -2.21. The van der Waals surface area contributed by atoms with Crippen LogP contribution in [-0.4, -0.2) is 21.7 Å². The van der Waals surface area contributed by atoms with Crippen LogP contribution in [-0.2, 0) is 13.1 Å². The number of fused-ring (bicyclic) bond motifs is 1. The van der Waals surface area contributed by atoms with E-state index in [1.54, 1.807) is 0 Å². The fraction of sp³-hybridized carbons (Fsp3) is 0.700. The first-order valence-corrected chi connectivity index (χ1v) is 5.99. The summed E-state index contributed by atoms with van der Waals surface area (Å²) in [6.45, 7) is 2.10. The highest BCUT2D eigenvalue weighted by atomic mass is 79.9. The number of rotatable bonds is 1. The molecule has 1 saturated carbocycles. The molecule has 2 aliphatic rings. The SMILES string of the molecule is CN1Cc2c(Br)nn(C3CCC3)c2C1. The van der Waals surface area contributed by atoms with Crippen molar-refractivity contribution in [2.24, 2.45) is 0 Å². The Morgan fingerprint density at radius 2 is 2.14 bits per heavy atom. The second-order valence-electron chi connectivity index (χ2n) is 4.42. The number of hydrogen-bond donors (Lipinski definition) is 0. The lowest BCUT2D eigenvalue weighted by atomic mass is 9.93. The number of hydrogen-bond acceptors (Lipinski definition) is 2. The minimum absolute atomic E-state index is 0.682. The molecule has 3 rings (SSSR count). The van der Waals surface area contributed by atoms with Crippen LogP contribution < -0.4 is 0 Å². The first-order chi connectivity index (χ1) is 6.75. The van der Waals surface area contributed by atoms with Gasteiger partial charge in [-0.15, -0.1) is 0 Å². The van der Waals surface area contributed by atoms with Crippen LogP contribution in [0.3, 0.4) is 0 Å². The molecule has 1 aliphatic heterocycles. The van der Waals surface area contributed by atoms with E-state index in [1.807, 2.05) is 0 Å². The van der Waals surface area contributed by atoms with Gasteiger partial charge in [0.25, 0.3) is 0 Å². The molecule has 1 aromatic rings. The summed E-state index contributed by atoms with van der Waals surface area (Å²) < 4.78 is 3.32. The average Bonchev–Trinajstić information content (AvgIpc) is 2.51. The Morgan fingerprint density at radius 3 is 2.79 bits per heavy atom. The van der Waals surface area contributed by atoms with E-state index in [1.165, 1.54) is 30.5 Å². The highest BCUT2D eigenvalue weighted by Gasteiger charge is 2.30. The maximum absolute atomic E-state index is 4.60. The molecule has 1 fully saturated rings. The average molecular weight is 256 g/mol. The summed E-state index contributed by atoms with van der Waals surface area (Å²) in [4.78, 5) is 2.34. The molecule has 1 aliphatic carbocycles. The zero-order valence-electron chi connectivity index (χ0n) is 8.33. The Kier molecular flexibility index (Phi) is 1.96. The molecule has 1 aromatic heterocycles. The third-order valence-corrected chi connectivity index (χ3v) is 3.97. The van der Waals surface area contributed by atoms with Gasteiger partial charge in [0.1, 0.15) is 4.60 Å². The monoisotopic (exact) mass is 255 g/mol. The molecule has 3 nitrogen and oxygen atoms in total. The molecule has 0 N–H and O–H groups in total. The van der Waals surface area contributed by atoms with Crippen LogP contribution in [0.4, 0.5) is 0 Å². The van der Waals surface area contributed by atoms with Gasteiger partial charge in [-0.1, -0.05) is 0 Å². The minimum Gasteiger partial charge on any atom is -0.296 e. The van der Waals surface area contributed by atoms with Crippen molar-refractivity contribution < 1.29 is 0 Å². The Hall–Kier alpha value is -0.350. The van der Waals surface area contributed by atoms with Crippen molar-refractivity contribution >= 4 is 15.9 Å². The fourth-order valence-electron chi connectivity index (χ4n) is 2.31. The molecule has 0 amide bonds. The summed E-state index contributed by atoms with van der Waals surface area (Å²) in [6, 6.07) is 0.682. The van der Waals surface area contributed by atoms with Crippen LogP contribution in [0.2, 0.25) is 0 Å². The Bertz CT molecular complexity index is 368. The summed E-state index contributed by atoms with van der Waals surface area (Å²) in [5.74, 6) is 0. The van der Waals surface area contributed by atoms with Gasteiger partial charge in [-0.25, -0.2) is 0 Å². The topological polar surface area (TPSA) is 21.1 Å². The molecule has 0 aromatic carbocycles. The number of halogens is 1. The highest BCUT2D eigenvalue weighted by molar-refractivity contribution is 9.10. The molecule has 0 saturated heterocycles. The predicted octanol–water partition coefficient (Wildman–Crippen LogP) is 2.32. The number of nitrogens with zero attached hydrogens (tertiary/aromatic N) is 3. The van der Waals surface area contributed by atoms with Crippen LogP contribution in [0.5, 0.6) is 0 Å². The van der Waals surface area contributed by atoms with Crippen molar-refractivity contribution in [3.8, 4) is 0 Å². The van der Waals surface area contributed by atoms with E-state index < -0.39 is 0 Å². The zero-order valence-corrected chi connectivity index (χ0v) is 9.92. The Morgan fingerprint density at radius 1 is 1.36 bits per heavy atom. The van der Waals surface area contributed by atoms with Gasteiger partial charge >= 0.3 is 0 Å². The fourth-order valence-corrected chi connectivity index (χ4v) is 2.84. The van der Waals surface area contributed by atoms with Gasteiger partial charge < -0.3 is 0 Å². The lowest BCUT2D eigenvalue weighted by molar-refractivity contribution is 0.268. The zero-order chi connectivity index (χ0) is 9.71.